The molecule has 41 heavy (non-hydrogen) atoms. The van der Waals surface area contributed by atoms with Crippen molar-refractivity contribution in [2.45, 2.75) is 31.9 Å². The number of carbonyl (C=O) groups is 3. The maximum absolute atomic E-state index is 13.0. The van der Waals surface area contributed by atoms with Crippen molar-refractivity contribution in [2.75, 3.05) is 11.9 Å². The molecule has 0 aliphatic heterocycles. The number of carbonyl (C=O) groups excluding carboxylic acids is 2. The van der Waals surface area contributed by atoms with Crippen LogP contribution >= 0.6 is 0 Å². The van der Waals surface area contributed by atoms with E-state index in [9.17, 15) is 19.5 Å². The third-order valence-corrected chi connectivity index (χ3v) is 7.04. The highest BCUT2D eigenvalue weighted by atomic mass is 16.5. The molecule has 0 spiro atoms. The molecule has 1 aliphatic carbocycles. The molecule has 0 aromatic heterocycles. The van der Waals surface area contributed by atoms with E-state index in [1.54, 1.807) is 25.1 Å². The smallest absolute Gasteiger partial charge is 0.407 e. The predicted octanol–water partition coefficient (Wildman–Crippen LogP) is 5.89. The fraction of sp³-hybridized carbons (Fsp3) is 0.182. The molecule has 4 aromatic carbocycles. The molecule has 8 heteroatoms. The fourth-order valence-corrected chi connectivity index (χ4v) is 4.99. The van der Waals surface area contributed by atoms with Gasteiger partial charge in [-0.1, -0.05) is 78.9 Å². The second kappa shape index (κ2) is 12.4. The van der Waals surface area contributed by atoms with Crippen molar-refractivity contribution >= 4 is 23.7 Å². The first-order chi connectivity index (χ1) is 19.9. The van der Waals surface area contributed by atoms with Crippen LogP contribution in [0, 0.1) is 6.92 Å². The molecule has 2 amide bonds. The molecule has 0 radical (unpaired) electrons. The lowest BCUT2D eigenvalue weighted by atomic mass is 9.98. The molecule has 4 aromatic rings. The minimum atomic E-state index is -1.34. The van der Waals surface area contributed by atoms with Crippen LogP contribution in [0.3, 0.4) is 0 Å². The van der Waals surface area contributed by atoms with E-state index in [0.717, 1.165) is 33.4 Å². The van der Waals surface area contributed by atoms with E-state index in [2.05, 4.69) is 10.6 Å². The molecule has 3 N–H and O–H groups in total. The summed E-state index contributed by atoms with van der Waals surface area (Å²) in [6.45, 7) is 2.25. The summed E-state index contributed by atoms with van der Waals surface area (Å²) in [5.41, 5.74) is 6.50. The Morgan fingerprint density at radius 1 is 0.854 bits per heavy atom. The Morgan fingerprint density at radius 3 is 2.12 bits per heavy atom. The number of carboxylic acid groups (broad SMARTS) is 1. The number of aryl methyl sites for hydroxylation is 1. The molecule has 0 saturated heterocycles. The van der Waals surface area contributed by atoms with Crippen LogP contribution in [0.25, 0.3) is 11.1 Å². The lowest BCUT2D eigenvalue weighted by molar-refractivity contribution is -0.139. The largest absolute Gasteiger partial charge is 0.489 e. The number of ether oxygens (including phenoxy) is 2. The Hall–Kier alpha value is -5.11. The number of rotatable bonds is 10. The Balaban J connectivity index is 1.20. The number of carboxylic acids is 1. The van der Waals surface area contributed by atoms with E-state index in [-0.39, 0.29) is 12.5 Å². The topological polar surface area (TPSA) is 114 Å². The number of alkyl carbamates (subject to hydrolysis) is 1. The Morgan fingerprint density at radius 2 is 1.49 bits per heavy atom. The highest BCUT2D eigenvalue weighted by Crippen LogP contribution is 2.44. The van der Waals surface area contributed by atoms with Gasteiger partial charge in [-0.3, -0.25) is 9.59 Å². The van der Waals surface area contributed by atoms with Gasteiger partial charge in [0.1, 0.15) is 25.0 Å². The van der Waals surface area contributed by atoms with Crippen LogP contribution < -0.4 is 15.4 Å². The summed E-state index contributed by atoms with van der Waals surface area (Å²) in [5.74, 6) is -1.43. The third kappa shape index (κ3) is 6.55. The summed E-state index contributed by atoms with van der Waals surface area (Å²) in [6.07, 6.45) is -1.47. The van der Waals surface area contributed by atoms with Gasteiger partial charge in [0.15, 0.2) is 0 Å². The van der Waals surface area contributed by atoms with Gasteiger partial charge in [-0.15, -0.1) is 0 Å². The van der Waals surface area contributed by atoms with Gasteiger partial charge in [-0.2, -0.15) is 0 Å². The van der Waals surface area contributed by atoms with Gasteiger partial charge in [0.05, 0.1) is 6.42 Å². The van der Waals surface area contributed by atoms with Gasteiger partial charge < -0.3 is 25.2 Å². The molecule has 208 valence electrons. The van der Waals surface area contributed by atoms with Gasteiger partial charge in [-0.25, -0.2) is 4.79 Å². The van der Waals surface area contributed by atoms with Crippen molar-refractivity contribution in [3.8, 4) is 16.9 Å². The second-order valence-corrected chi connectivity index (χ2v) is 9.86. The van der Waals surface area contributed by atoms with Crippen LogP contribution in [-0.4, -0.2) is 35.7 Å². The first-order valence-corrected chi connectivity index (χ1v) is 13.3. The highest BCUT2D eigenvalue weighted by Gasteiger charge is 2.30. The van der Waals surface area contributed by atoms with Crippen molar-refractivity contribution < 1.29 is 29.0 Å². The van der Waals surface area contributed by atoms with Crippen LogP contribution in [-0.2, 0) is 20.9 Å². The number of hydrogen-bond donors (Lipinski definition) is 3. The predicted molar refractivity (Wildman–Crippen MR) is 155 cm³/mol. The molecule has 0 heterocycles. The lowest BCUT2D eigenvalue weighted by Crippen LogP contribution is -2.45. The average Bonchev–Trinajstić information content (AvgIpc) is 3.30. The molecule has 5 rings (SSSR count). The summed E-state index contributed by atoms with van der Waals surface area (Å²) in [5, 5.41) is 14.5. The molecule has 1 unspecified atom stereocenters. The number of anilines is 1. The monoisotopic (exact) mass is 550 g/mol. The van der Waals surface area contributed by atoms with E-state index in [4.69, 9.17) is 9.47 Å². The van der Waals surface area contributed by atoms with Crippen LogP contribution in [0.2, 0.25) is 0 Å². The summed E-state index contributed by atoms with van der Waals surface area (Å²) < 4.78 is 11.4. The summed E-state index contributed by atoms with van der Waals surface area (Å²) in [6, 6.07) is 29.5. The maximum atomic E-state index is 13.0. The average molecular weight is 551 g/mol. The number of amides is 2. The fourth-order valence-electron chi connectivity index (χ4n) is 4.99. The number of hydrogen-bond acceptors (Lipinski definition) is 5. The number of benzene rings is 4. The van der Waals surface area contributed by atoms with Crippen LogP contribution in [0.4, 0.5) is 10.5 Å². The first-order valence-electron chi connectivity index (χ1n) is 13.3. The van der Waals surface area contributed by atoms with Gasteiger partial charge in [0.25, 0.3) is 0 Å². The van der Waals surface area contributed by atoms with Crippen molar-refractivity contribution in [2.24, 2.45) is 0 Å². The number of fused-ring (bicyclic) bond motifs is 3. The zero-order valence-electron chi connectivity index (χ0n) is 22.5. The molecule has 8 nitrogen and oxygen atoms in total. The summed E-state index contributed by atoms with van der Waals surface area (Å²) >= 11 is 0. The van der Waals surface area contributed by atoms with E-state index in [0.29, 0.717) is 18.0 Å². The molecule has 0 fully saturated rings. The first kappa shape index (κ1) is 27.5. The van der Waals surface area contributed by atoms with Crippen molar-refractivity contribution in [3.63, 3.8) is 0 Å². The van der Waals surface area contributed by atoms with Crippen molar-refractivity contribution in [1.29, 1.82) is 0 Å². The molecule has 1 atom stereocenters. The SMILES string of the molecule is Cc1cc(OCc2ccccc2)ccc1NC(=O)C(CC(=O)O)NC(=O)OCC1c2ccccc2-c2ccccc21. The standard InChI is InChI=1S/C33H30N2O6/c1-21-17-23(40-19-22-9-3-2-4-10-22)15-16-29(21)34-32(38)30(18-31(36)37)35-33(39)41-20-28-26-13-7-5-11-24(26)25-12-6-8-14-27(25)28/h2-17,28,30H,18-20H2,1H3,(H,34,38)(H,35,39)(H,36,37). The highest BCUT2D eigenvalue weighted by molar-refractivity contribution is 5.99. The van der Waals surface area contributed by atoms with Gasteiger partial charge in [-0.05, 0) is 58.5 Å². The van der Waals surface area contributed by atoms with Crippen LogP contribution in [0.1, 0.15) is 34.6 Å². The molecular weight excluding hydrogens is 520 g/mol. The summed E-state index contributed by atoms with van der Waals surface area (Å²) in [4.78, 5) is 37.3. The van der Waals surface area contributed by atoms with Crippen molar-refractivity contribution in [1.82, 2.24) is 5.32 Å². The molecule has 0 bridgehead atoms. The van der Waals surface area contributed by atoms with E-state index in [1.165, 1.54) is 0 Å². The van der Waals surface area contributed by atoms with Gasteiger partial charge in [0, 0.05) is 11.6 Å². The molecule has 1 aliphatic rings. The van der Waals surface area contributed by atoms with Gasteiger partial charge >= 0.3 is 12.1 Å². The quantitative estimate of drug-likeness (QED) is 0.227. The Bertz CT molecular complexity index is 1520. The lowest BCUT2D eigenvalue weighted by Gasteiger charge is -2.19. The Labute approximate surface area is 237 Å². The third-order valence-electron chi connectivity index (χ3n) is 7.04. The maximum Gasteiger partial charge on any atom is 0.407 e. The normalized spacial score (nSPS) is 12.5. The van der Waals surface area contributed by atoms with Crippen LogP contribution in [0.15, 0.2) is 97.1 Å². The minimum absolute atomic E-state index is 0.0465. The molecular formula is C33H30N2O6. The summed E-state index contributed by atoms with van der Waals surface area (Å²) in [7, 11) is 0. The minimum Gasteiger partial charge on any atom is -0.489 e. The van der Waals surface area contributed by atoms with E-state index in [1.807, 2.05) is 78.9 Å². The van der Waals surface area contributed by atoms with Crippen molar-refractivity contribution in [3.05, 3.63) is 119 Å². The zero-order chi connectivity index (χ0) is 28.8. The van der Waals surface area contributed by atoms with Gasteiger partial charge in [0.2, 0.25) is 5.91 Å². The second-order valence-electron chi connectivity index (χ2n) is 9.86. The number of aliphatic carboxylic acids is 1. The van der Waals surface area contributed by atoms with E-state index < -0.39 is 30.4 Å². The molecule has 0 saturated carbocycles. The van der Waals surface area contributed by atoms with E-state index >= 15 is 0 Å². The zero-order valence-corrected chi connectivity index (χ0v) is 22.5. The van der Waals surface area contributed by atoms with Crippen LogP contribution in [0.5, 0.6) is 5.75 Å². The number of nitrogens with one attached hydrogen (secondary N) is 2. The Kier molecular flexibility index (Phi) is 8.29.